The summed E-state index contributed by atoms with van der Waals surface area (Å²) < 4.78 is 43.4. The summed E-state index contributed by atoms with van der Waals surface area (Å²) in [5.41, 5.74) is -1.21. The highest BCUT2D eigenvalue weighted by molar-refractivity contribution is 6.02. The van der Waals surface area contributed by atoms with Gasteiger partial charge < -0.3 is 10.0 Å². The fourth-order valence-electron chi connectivity index (χ4n) is 4.65. The smallest absolute Gasteiger partial charge is 0.366 e. The van der Waals surface area contributed by atoms with E-state index in [-0.39, 0.29) is 16.8 Å². The summed E-state index contributed by atoms with van der Waals surface area (Å²) in [6, 6.07) is 14.3. The molecule has 0 saturated heterocycles. The molecule has 1 aliphatic rings. The highest BCUT2D eigenvalue weighted by Crippen LogP contribution is 2.46. The third-order valence-corrected chi connectivity index (χ3v) is 6.46. The number of alkyl halides is 3. The normalized spacial score (nSPS) is 20.0. The second kappa shape index (κ2) is 9.87. The number of hydrogen-bond donors (Lipinski definition) is 2. The van der Waals surface area contributed by atoms with Crippen molar-refractivity contribution in [3.8, 4) is 0 Å². The molecule has 0 radical (unpaired) electrons. The summed E-state index contributed by atoms with van der Waals surface area (Å²) >= 11 is 0. The van der Waals surface area contributed by atoms with Crippen LogP contribution < -0.4 is 5.73 Å². The Bertz CT molecular complexity index is 1150. The van der Waals surface area contributed by atoms with Crippen molar-refractivity contribution in [1.29, 1.82) is 0 Å². The summed E-state index contributed by atoms with van der Waals surface area (Å²) in [7, 11) is 0. The molecule has 2 aromatic carbocycles. The van der Waals surface area contributed by atoms with E-state index in [2.05, 4.69) is 0 Å². The van der Waals surface area contributed by atoms with Crippen molar-refractivity contribution in [3.63, 3.8) is 0 Å². The summed E-state index contributed by atoms with van der Waals surface area (Å²) in [4.78, 5) is 41.0. The molecule has 0 aliphatic carbocycles. The Kier molecular flexibility index (Phi) is 7.42. The molecule has 0 spiro atoms. The molecule has 2 aromatic rings. The second-order valence-electron chi connectivity index (χ2n) is 9.14. The van der Waals surface area contributed by atoms with Gasteiger partial charge in [0.15, 0.2) is 11.3 Å². The molecule has 2 amide bonds. The largest absolute Gasteiger partial charge is 0.433 e. The van der Waals surface area contributed by atoms with Gasteiger partial charge in [0.05, 0.1) is 5.70 Å². The molecule has 0 aromatic heterocycles. The molecule has 3 atom stereocenters. The third-order valence-electron chi connectivity index (χ3n) is 6.46. The summed E-state index contributed by atoms with van der Waals surface area (Å²) in [6.45, 7) is 4.09. The number of carbonyl (C=O) groups excluding carboxylic acids is 3. The first kappa shape index (κ1) is 27.1. The molecular weight excluding hydrogens is 475 g/mol. The predicted octanol–water partition coefficient (Wildman–Crippen LogP) is 3.09. The van der Waals surface area contributed by atoms with Crippen molar-refractivity contribution in [2.75, 3.05) is 0 Å². The van der Waals surface area contributed by atoms with Crippen molar-refractivity contribution in [2.24, 2.45) is 11.7 Å². The molecule has 3 unspecified atom stereocenters. The molecule has 0 fully saturated rings. The first-order valence-electron chi connectivity index (χ1n) is 11.3. The van der Waals surface area contributed by atoms with Crippen molar-refractivity contribution < 1.29 is 32.7 Å². The van der Waals surface area contributed by atoms with Crippen LogP contribution in [0.25, 0.3) is 5.70 Å². The predicted molar refractivity (Wildman–Crippen MR) is 127 cm³/mol. The fraction of sp³-hybridized carbons (Fsp3) is 0.346. The monoisotopic (exact) mass is 503 g/mol. The number of rotatable bonds is 8. The van der Waals surface area contributed by atoms with Crippen LogP contribution in [0, 0.1) is 5.92 Å². The van der Waals surface area contributed by atoms with Crippen molar-refractivity contribution in [3.05, 3.63) is 78.0 Å². The first-order valence-corrected chi connectivity index (χ1v) is 11.3. The topological polar surface area (TPSA) is 104 Å². The maximum atomic E-state index is 14.5. The van der Waals surface area contributed by atoms with Gasteiger partial charge in [0.25, 0.3) is 5.91 Å². The Labute approximate surface area is 207 Å². The number of aliphatic hydroxyl groups is 1. The molecule has 1 heterocycles. The number of Topliss-reactive ketones (excluding diaryl/α,β-unsaturated/α-hetero) is 1. The number of ketones is 1. The van der Waals surface area contributed by atoms with E-state index in [4.69, 9.17) is 5.73 Å². The fourth-order valence-corrected chi connectivity index (χ4v) is 4.65. The minimum Gasteiger partial charge on any atom is -0.366 e. The van der Waals surface area contributed by atoms with Crippen LogP contribution in [0.1, 0.15) is 31.9 Å². The van der Waals surface area contributed by atoms with Gasteiger partial charge in [-0.25, -0.2) is 0 Å². The van der Waals surface area contributed by atoms with Gasteiger partial charge in [0.1, 0.15) is 6.04 Å². The Morgan fingerprint density at radius 1 is 1.08 bits per heavy atom. The van der Waals surface area contributed by atoms with Gasteiger partial charge in [-0.3, -0.25) is 25.0 Å². The van der Waals surface area contributed by atoms with Gasteiger partial charge in [-0.1, -0.05) is 74.5 Å². The van der Waals surface area contributed by atoms with E-state index in [0.717, 1.165) is 11.8 Å². The van der Waals surface area contributed by atoms with Gasteiger partial charge in [0.2, 0.25) is 12.1 Å². The molecular formula is C26H28F3N3O4. The lowest BCUT2D eigenvalue weighted by Crippen LogP contribution is -2.80. The van der Waals surface area contributed by atoms with Crippen LogP contribution >= 0.6 is 0 Å². The van der Waals surface area contributed by atoms with Crippen LogP contribution in [0.3, 0.4) is 0 Å². The number of amides is 2. The summed E-state index contributed by atoms with van der Waals surface area (Å²) in [6.07, 6.45) is -4.64. The van der Waals surface area contributed by atoms with E-state index < -0.39 is 47.5 Å². The van der Waals surface area contributed by atoms with E-state index in [0.29, 0.717) is 11.3 Å². The van der Waals surface area contributed by atoms with Gasteiger partial charge in [-0.2, -0.15) is 13.2 Å². The minimum atomic E-state index is -5.51. The molecule has 0 bridgehead atoms. The van der Waals surface area contributed by atoms with Crippen LogP contribution in [0.4, 0.5) is 13.2 Å². The molecule has 10 heteroatoms. The van der Waals surface area contributed by atoms with Gasteiger partial charge in [0, 0.05) is 12.6 Å². The number of nitrogens with zero attached hydrogens (tertiary/aromatic N) is 2. The van der Waals surface area contributed by atoms with Crippen LogP contribution in [0.2, 0.25) is 0 Å². The van der Waals surface area contributed by atoms with Gasteiger partial charge in [-0.05, 0) is 24.0 Å². The van der Waals surface area contributed by atoms with E-state index >= 15 is 0 Å². The maximum absolute atomic E-state index is 14.5. The SMILES string of the molecule is CC(=O)C(Cc1ccccc1)(N1C(=O)C(C(C)C)N(C=O)C=C1c1ccccc1)C(N)(O)C(F)(F)F. The average molecular weight is 504 g/mol. The van der Waals surface area contributed by atoms with E-state index in [1.54, 1.807) is 50.2 Å². The lowest BCUT2D eigenvalue weighted by atomic mass is 9.74. The van der Waals surface area contributed by atoms with E-state index in [1.165, 1.54) is 30.5 Å². The molecule has 7 nitrogen and oxygen atoms in total. The molecule has 0 saturated carbocycles. The van der Waals surface area contributed by atoms with Crippen molar-refractivity contribution in [1.82, 2.24) is 9.80 Å². The summed E-state index contributed by atoms with van der Waals surface area (Å²) in [5.74, 6) is -2.69. The second-order valence-corrected chi connectivity index (χ2v) is 9.14. The summed E-state index contributed by atoms with van der Waals surface area (Å²) in [5, 5.41) is 11.0. The zero-order valence-corrected chi connectivity index (χ0v) is 20.1. The average Bonchev–Trinajstić information content (AvgIpc) is 2.82. The standard InChI is InChI=1S/C26H28F3N3O4/c1-17(2)22-23(35)32(21(15-31(22)16-33)20-12-8-5-9-13-20)24(18(3)34,25(30,36)26(27,28)29)14-19-10-6-4-7-11-19/h4-13,15-17,22,36H,14,30H2,1-3H3. The zero-order valence-electron chi connectivity index (χ0n) is 20.1. The highest BCUT2D eigenvalue weighted by Gasteiger charge is 2.71. The Hall–Kier alpha value is -3.50. The van der Waals surface area contributed by atoms with Crippen LogP contribution in [0.15, 0.2) is 66.9 Å². The highest BCUT2D eigenvalue weighted by atomic mass is 19.4. The number of benzene rings is 2. The first-order chi connectivity index (χ1) is 16.8. The molecule has 3 N–H and O–H groups in total. The minimum absolute atomic E-state index is 0.177. The van der Waals surface area contributed by atoms with Crippen LogP contribution in [0.5, 0.6) is 0 Å². The Balaban J connectivity index is 2.45. The van der Waals surface area contributed by atoms with Crippen molar-refractivity contribution >= 4 is 23.8 Å². The van der Waals surface area contributed by atoms with E-state index in [9.17, 15) is 32.7 Å². The Morgan fingerprint density at radius 3 is 2.06 bits per heavy atom. The number of carbonyl (C=O) groups is 3. The maximum Gasteiger partial charge on any atom is 0.433 e. The Morgan fingerprint density at radius 2 is 1.61 bits per heavy atom. The molecule has 1 aliphatic heterocycles. The zero-order chi connectivity index (χ0) is 26.9. The molecule has 36 heavy (non-hydrogen) atoms. The van der Waals surface area contributed by atoms with Gasteiger partial charge >= 0.3 is 6.18 Å². The van der Waals surface area contributed by atoms with E-state index in [1.807, 2.05) is 0 Å². The van der Waals surface area contributed by atoms with Crippen molar-refractivity contribution in [2.45, 2.75) is 50.7 Å². The van der Waals surface area contributed by atoms with Crippen LogP contribution in [-0.4, -0.2) is 56.5 Å². The molecule has 192 valence electrons. The number of nitrogens with two attached hydrogens (primary N) is 1. The third kappa shape index (κ3) is 4.42. The quantitative estimate of drug-likeness (QED) is 0.426. The number of halogens is 3. The number of hydrogen-bond acceptors (Lipinski definition) is 5. The van der Waals surface area contributed by atoms with Gasteiger partial charge in [-0.15, -0.1) is 0 Å². The lowest BCUT2D eigenvalue weighted by molar-refractivity contribution is -0.291. The lowest BCUT2D eigenvalue weighted by Gasteiger charge is -2.54. The molecule has 3 rings (SSSR count). The van der Waals surface area contributed by atoms with Crippen LogP contribution in [-0.2, 0) is 20.8 Å².